The smallest absolute Gasteiger partial charge is 0.325 e. The van der Waals surface area contributed by atoms with E-state index in [0.717, 1.165) is 22.4 Å². The van der Waals surface area contributed by atoms with Gasteiger partial charge in [0, 0.05) is 17.7 Å². The van der Waals surface area contributed by atoms with E-state index in [2.05, 4.69) is 15.7 Å². The van der Waals surface area contributed by atoms with Gasteiger partial charge in [0.05, 0.1) is 30.7 Å². The average Bonchev–Trinajstić information content (AvgIpc) is 3.32. The summed E-state index contributed by atoms with van der Waals surface area (Å²) in [4.78, 5) is 23.5. The molecule has 7 nitrogen and oxygen atoms in total. The first-order valence-electron chi connectivity index (χ1n) is 11.7. The van der Waals surface area contributed by atoms with Crippen molar-refractivity contribution in [1.82, 2.24) is 20.4 Å². The fraction of sp³-hybridized carbons (Fsp3) is 0.179. The van der Waals surface area contributed by atoms with E-state index in [1.54, 1.807) is 36.0 Å². The topological polar surface area (TPSA) is 85.2 Å². The lowest BCUT2D eigenvalue weighted by Gasteiger charge is -2.12. The van der Waals surface area contributed by atoms with Gasteiger partial charge in [0.2, 0.25) is 5.91 Å². The molecule has 1 heterocycles. The molecule has 0 aliphatic rings. The maximum Gasteiger partial charge on any atom is 0.325 e. The Labute approximate surface area is 208 Å². The van der Waals surface area contributed by atoms with Crippen LogP contribution in [0, 0.1) is 5.82 Å². The molecule has 0 aliphatic heterocycles. The van der Waals surface area contributed by atoms with Crippen LogP contribution in [0.4, 0.5) is 4.39 Å². The number of esters is 1. The van der Waals surface area contributed by atoms with Crippen LogP contribution in [0.2, 0.25) is 0 Å². The third-order valence-corrected chi connectivity index (χ3v) is 5.53. The van der Waals surface area contributed by atoms with Gasteiger partial charge in [-0.15, -0.1) is 0 Å². The number of aromatic nitrogens is 2. The lowest BCUT2D eigenvalue weighted by molar-refractivity contribution is -0.143. The number of rotatable bonds is 10. The number of carbonyl (C=O) groups excluding carboxylic acids is 2. The maximum atomic E-state index is 14.8. The van der Waals surface area contributed by atoms with Crippen LogP contribution in [-0.4, -0.2) is 41.4 Å². The molecule has 0 bridgehead atoms. The van der Waals surface area contributed by atoms with Crippen molar-refractivity contribution in [3.05, 3.63) is 96.4 Å². The molecule has 0 fully saturated rings. The number of halogens is 1. The predicted octanol–water partition coefficient (Wildman–Crippen LogP) is 4.11. The third-order valence-electron chi connectivity index (χ3n) is 5.53. The highest BCUT2D eigenvalue weighted by atomic mass is 19.1. The van der Waals surface area contributed by atoms with Gasteiger partial charge in [0.25, 0.3) is 0 Å². The molecule has 0 atom stereocenters. The predicted molar refractivity (Wildman–Crippen MR) is 136 cm³/mol. The molecular weight excluding hydrogens is 459 g/mol. The second-order valence-corrected chi connectivity index (χ2v) is 8.01. The van der Waals surface area contributed by atoms with Crippen LogP contribution in [0.1, 0.15) is 12.5 Å². The Hall–Kier alpha value is -4.30. The average molecular weight is 487 g/mol. The summed E-state index contributed by atoms with van der Waals surface area (Å²) in [7, 11) is 0. The highest BCUT2D eigenvalue weighted by Crippen LogP contribution is 2.30. The minimum atomic E-state index is -0.493. The normalized spacial score (nSPS) is 10.7. The molecule has 2 N–H and O–H groups in total. The Morgan fingerprint density at radius 1 is 0.917 bits per heavy atom. The molecule has 4 rings (SSSR count). The van der Waals surface area contributed by atoms with Crippen LogP contribution in [0.25, 0.3) is 28.1 Å². The Morgan fingerprint density at radius 2 is 1.61 bits per heavy atom. The number of nitrogens with one attached hydrogen (secondary N) is 2. The van der Waals surface area contributed by atoms with Crippen molar-refractivity contribution in [2.75, 3.05) is 19.7 Å². The van der Waals surface area contributed by atoms with E-state index in [4.69, 9.17) is 4.74 Å². The summed E-state index contributed by atoms with van der Waals surface area (Å²) in [6.07, 6.45) is 1.66. The lowest BCUT2D eigenvalue weighted by Crippen LogP contribution is -2.37. The van der Waals surface area contributed by atoms with Gasteiger partial charge in [-0.05, 0) is 42.3 Å². The summed E-state index contributed by atoms with van der Waals surface area (Å²) >= 11 is 0. The van der Waals surface area contributed by atoms with Crippen LogP contribution in [0.3, 0.4) is 0 Å². The van der Waals surface area contributed by atoms with Gasteiger partial charge in [0.1, 0.15) is 12.4 Å². The van der Waals surface area contributed by atoms with Crippen molar-refractivity contribution < 1.29 is 18.7 Å². The van der Waals surface area contributed by atoms with Crippen LogP contribution in [-0.2, 0) is 20.9 Å². The van der Waals surface area contributed by atoms with Crippen LogP contribution in [0.15, 0.2) is 85.1 Å². The van der Waals surface area contributed by atoms with Gasteiger partial charge in [-0.2, -0.15) is 5.10 Å². The number of amides is 1. The number of benzene rings is 3. The van der Waals surface area contributed by atoms with Crippen LogP contribution < -0.4 is 10.6 Å². The second-order valence-electron chi connectivity index (χ2n) is 8.01. The van der Waals surface area contributed by atoms with Crippen molar-refractivity contribution in [3.8, 4) is 28.1 Å². The number of carbonyl (C=O) groups is 2. The van der Waals surface area contributed by atoms with E-state index >= 15 is 0 Å². The van der Waals surface area contributed by atoms with Gasteiger partial charge in [-0.3, -0.25) is 9.59 Å². The second kappa shape index (κ2) is 11.9. The minimum absolute atomic E-state index is 0.0208. The maximum absolute atomic E-state index is 14.8. The van der Waals surface area contributed by atoms with E-state index in [1.807, 2.05) is 54.6 Å². The highest BCUT2D eigenvalue weighted by molar-refractivity contribution is 5.83. The fourth-order valence-electron chi connectivity index (χ4n) is 3.83. The number of hydrogen-bond donors (Lipinski definition) is 2. The lowest BCUT2D eigenvalue weighted by atomic mass is 10.0. The molecule has 1 aromatic heterocycles. The van der Waals surface area contributed by atoms with Gasteiger partial charge in [-0.25, -0.2) is 9.07 Å². The molecule has 4 aromatic rings. The number of hydrogen-bond acceptors (Lipinski definition) is 5. The Kier molecular flexibility index (Phi) is 8.20. The molecule has 0 unspecified atom stereocenters. The summed E-state index contributed by atoms with van der Waals surface area (Å²) < 4.78 is 21.3. The molecule has 8 heteroatoms. The van der Waals surface area contributed by atoms with E-state index in [1.165, 1.54) is 6.07 Å². The van der Waals surface area contributed by atoms with Crippen molar-refractivity contribution >= 4 is 11.9 Å². The Balaban J connectivity index is 1.54. The van der Waals surface area contributed by atoms with Gasteiger partial charge in [-0.1, -0.05) is 54.6 Å². The van der Waals surface area contributed by atoms with Crippen molar-refractivity contribution in [2.24, 2.45) is 0 Å². The first-order valence-corrected chi connectivity index (χ1v) is 11.7. The van der Waals surface area contributed by atoms with E-state index in [-0.39, 0.29) is 38.0 Å². The molecular formula is C28H27FN4O3. The van der Waals surface area contributed by atoms with E-state index < -0.39 is 5.97 Å². The third kappa shape index (κ3) is 6.03. The number of ether oxygens (including phenoxy) is 1. The standard InChI is InChI=1S/C28H27FN4O3/c1-2-36-27(35)19-31-26(34)18-30-16-22-17-32-33(28(22)24-10-6-7-11-25(24)29)23-14-12-21(13-15-23)20-8-4-3-5-9-20/h3-15,17,30H,2,16,18-19H2,1H3,(H,31,34). The first kappa shape index (κ1) is 24.8. The summed E-state index contributed by atoms with van der Waals surface area (Å²) in [5, 5.41) is 10.1. The van der Waals surface area contributed by atoms with Gasteiger partial charge in [0.15, 0.2) is 0 Å². The molecule has 3 aromatic carbocycles. The SMILES string of the molecule is CCOC(=O)CNC(=O)CNCc1cnn(-c2ccc(-c3ccccc3)cc2)c1-c1ccccc1F. The molecule has 0 saturated heterocycles. The fourth-order valence-corrected chi connectivity index (χ4v) is 3.83. The zero-order valence-corrected chi connectivity index (χ0v) is 19.9. The van der Waals surface area contributed by atoms with Crippen molar-refractivity contribution in [1.29, 1.82) is 0 Å². The van der Waals surface area contributed by atoms with Crippen molar-refractivity contribution in [3.63, 3.8) is 0 Å². The summed E-state index contributed by atoms with van der Waals surface area (Å²) in [5.74, 6) is -1.21. The van der Waals surface area contributed by atoms with Gasteiger partial charge < -0.3 is 15.4 Å². The molecule has 0 radical (unpaired) electrons. The molecule has 0 aliphatic carbocycles. The molecule has 36 heavy (non-hydrogen) atoms. The molecule has 0 spiro atoms. The first-order chi connectivity index (χ1) is 17.6. The Morgan fingerprint density at radius 3 is 2.33 bits per heavy atom. The Bertz CT molecular complexity index is 1320. The monoisotopic (exact) mass is 486 g/mol. The molecule has 1 amide bonds. The zero-order chi connectivity index (χ0) is 25.3. The zero-order valence-electron chi connectivity index (χ0n) is 19.9. The van der Waals surface area contributed by atoms with Crippen LogP contribution in [0.5, 0.6) is 0 Å². The molecule has 0 saturated carbocycles. The molecule has 184 valence electrons. The van der Waals surface area contributed by atoms with Crippen LogP contribution >= 0.6 is 0 Å². The van der Waals surface area contributed by atoms with E-state index in [0.29, 0.717) is 11.3 Å². The summed E-state index contributed by atoms with van der Waals surface area (Å²) in [5.41, 5.74) is 4.68. The minimum Gasteiger partial charge on any atom is -0.465 e. The van der Waals surface area contributed by atoms with E-state index in [9.17, 15) is 14.0 Å². The summed E-state index contributed by atoms with van der Waals surface area (Å²) in [6.45, 7) is 2.02. The summed E-state index contributed by atoms with van der Waals surface area (Å²) in [6, 6.07) is 24.5. The quantitative estimate of drug-likeness (QED) is 0.330. The highest BCUT2D eigenvalue weighted by Gasteiger charge is 2.18. The van der Waals surface area contributed by atoms with Gasteiger partial charge >= 0.3 is 5.97 Å². The number of nitrogens with zero attached hydrogens (tertiary/aromatic N) is 2. The van der Waals surface area contributed by atoms with Crippen molar-refractivity contribution in [2.45, 2.75) is 13.5 Å². The largest absolute Gasteiger partial charge is 0.465 e.